The van der Waals surface area contributed by atoms with Gasteiger partial charge in [-0.1, -0.05) is 13.5 Å². The Balaban J connectivity index is 3.40. The summed E-state index contributed by atoms with van der Waals surface area (Å²) in [6.07, 6.45) is 2.26. The van der Waals surface area contributed by atoms with Gasteiger partial charge in [-0.05, 0) is 32.0 Å². The van der Waals surface area contributed by atoms with Gasteiger partial charge in [0.05, 0.1) is 0 Å². The summed E-state index contributed by atoms with van der Waals surface area (Å²) in [6.45, 7) is 11.1. The van der Waals surface area contributed by atoms with Crippen LogP contribution in [0.5, 0.6) is 0 Å². The molecule has 0 unspecified atom stereocenters. The van der Waals surface area contributed by atoms with E-state index in [1.54, 1.807) is 7.11 Å². The van der Waals surface area contributed by atoms with Gasteiger partial charge in [0.15, 0.2) is 0 Å². The van der Waals surface area contributed by atoms with Crippen molar-refractivity contribution in [2.24, 2.45) is 0 Å². The van der Waals surface area contributed by atoms with Crippen molar-refractivity contribution in [1.82, 2.24) is 10.2 Å². The Morgan fingerprint density at radius 1 is 1.47 bits per heavy atom. The molecule has 0 radical (unpaired) electrons. The zero-order chi connectivity index (χ0) is 11.5. The molecule has 0 bridgehead atoms. The summed E-state index contributed by atoms with van der Waals surface area (Å²) < 4.78 is 5.02. The first-order valence-electron chi connectivity index (χ1n) is 5.75. The molecule has 0 heterocycles. The summed E-state index contributed by atoms with van der Waals surface area (Å²) >= 11 is 0. The lowest BCUT2D eigenvalue weighted by Gasteiger charge is -2.18. The number of hydrogen-bond donors (Lipinski definition) is 1. The van der Waals surface area contributed by atoms with Gasteiger partial charge in [-0.3, -0.25) is 0 Å². The molecule has 0 spiro atoms. The van der Waals surface area contributed by atoms with Crippen LogP contribution in [0.15, 0.2) is 12.2 Å². The highest BCUT2D eigenvalue weighted by Crippen LogP contribution is 1.95. The van der Waals surface area contributed by atoms with Crippen LogP contribution < -0.4 is 5.32 Å². The minimum atomic E-state index is 0.838. The van der Waals surface area contributed by atoms with E-state index < -0.39 is 0 Å². The van der Waals surface area contributed by atoms with Gasteiger partial charge < -0.3 is 15.0 Å². The molecule has 0 aromatic carbocycles. The van der Waals surface area contributed by atoms with Gasteiger partial charge >= 0.3 is 0 Å². The first kappa shape index (κ1) is 14.6. The van der Waals surface area contributed by atoms with Crippen molar-refractivity contribution < 1.29 is 4.74 Å². The Labute approximate surface area is 94.5 Å². The molecule has 3 heteroatoms. The molecule has 0 rings (SSSR count). The minimum Gasteiger partial charge on any atom is -0.385 e. The molecular formula is C12H26N2O. The summed E-state index contributed by atoms with van der Waals surface area (Å²) in [5.74, 6) is 0. The molecule has 0 fully saturated rings. The smallest absolute Gasteiger partial charge is 0.0474 e. The Hall–Kier alpha value is -0.380. The molecule has 0 aliphatic heterocycles. The highest BCUT2D eigenvalue weighted by molar-refractivity contribution is 4.99. The average molecular weight is 214 g/mol. The van der Waals surface area contributed by atoms with Crippen molar-refractivity contribution in [2.45, 2.75) is 19.8 Å². The largest absolute Gasteiger partial charge is 0.385 e. The van der Waals surface area contributed by atoms with Crippen LogP contribution in [0.25, 0.3) is 0 Å². The van der Waals surface area contributed by atoms with E-state index in [1.807, 2.05) is 0 Å². The van der Waals surface area contributed by atoms with Crippen LogP contribution >= 0.6 is 0 Å². The lowest BCUT2D eigenvalue weighted by molar-refractivity contribution is 0.181. The summed E-state index contributed by atoms with van der Waals surface area (Å²) in [6, 6.07) is 0. The molecule has 0 aliphatic rings. The number of hydrogen-bond acceptors (Lipinski definition) is 3. The van der Waals surface area contributed by atoms with Crippen molar-refractivity contribution >= 4 is 0 Å². The second kappa shape index (κ2) is 10.1. The van der Waals surface area contributed by atoms with Crippen molar-refractivity contribution in [2.75, 3.05) is 46.9 Å². The second-order valence-corrected chi connectivity index (χ2v) is 4.01. The summed E-state index contributed by atoms with van der Waals surface area (Å²) in [5, 5.41) is 3.36. The van der Waals surface area contributed by atoms with E-state index in [2.05, 4.69) is 30.8 Å². The fraction of sp³-hybridized carbons (Fsp3) is 0.833. The maximum absolute atomic E-state index is 5.02. The monoisotopic (exact) mass is 214 g/mol. The second-order valence-electron chi connectivity index (χ2n) is 4.01. The zero-order valence-corrected chi connectivity index (χ0v) is 10.5. The van der Waals surface area contributed by atoms with Crippen molar-refractivity contribution in [3.05, 3.63) is 12.2 Å². The standard InChI is InChI=1S/C12H26N2O/c1-5-7-13-10-12(2)11-14(3)8-6-9-15-4/h13H,2,5-11H2,1,3-4H3. The third-order valence-electron chi connectivity index (χ3n) is 2.18. The highest BCUT2D eigenvalue weighted by atomic mass is 16.5. The van der Waals surface area contributed by atoms with Crippen molar-refractivity contribution in [3.8, 4) is 0 Å². The molecule has 90 valence electrons. The van der Waals surface area contributed by atoms with E-state index in [1.165, 1.54) is 12.0 Å². The molecule has 3 nitrogen and oxygen atoms in total. The fourth-order valence-corrected chi connectivity index (χ4v) is 1.44. The number of ether oxygens (including phenoxy) is 1. The van der Waals surface area contributed by atoms with Gasteiger partial charge in [-0.2, -0.15) is 0 Å². The van der Waals surface area contributed by atoms with Gasteiger partial charge in [-0.25, -0.2) is 0 Å². The maximum Gasteiger partial charge on any atom is 0.0474 e. The summed E-state index contributed by atoms with van der Waals surface area (Å²) in [5.41, 5.74) is 1.25. The molecule has 0 saturated carbocycles. The van der Waals surface area contributed by atoms with Crippen LogP contribution in [0, 0.1) is 0 Å². The van der Waals surface area contributed by atoms with Crippen molar-refractivity contribution in [3.63, 3.8) is 0 Å². The van der Waals surface area contributed by atoms with Crippen LogP contribution in [-0.4, -0.2) is 51.8 Å². The van der Waals surface area contributed by atoms with E-state index in [-0.39, 0.29) is 0 Å². The van der Waals surface area contributed by atoms with E-state index in [9.17, 15) is 0 Å². The molecule has 15 heavy (non-hydrogen) atoms. The van der Waals surface area contributed by atoms with Gasteiger partial charge in [0.1, 0.15) is 0 Å². The predicted molar refractivity (Wildman–Crippen MR) is 66.3 cm³/mol. The zero-order valence-electron chi connectivity index (χ0n) is 10.5. The van der Waals surface area contributed by atoms with Gasteiger partial charge in [0.2, 0.25) is 0 Å². The summed E-state index contributed by atoms with van der Waals surface area (Å²) in [7, 11) is 3.87. The van der Waals surface area contributed by atoms with Gasteiger partial charge in [0, 0.05) is 33.4 Å². The quantitative estimate of drug-likeness (QED) is 0.441. The minimum absolute atomic E-state index is 0.838. The highest BCUT2D eigenvalue weighted by Gasteiger charge is 2.00. The van der Waals surface area contributed by atoms with E-state index in [0.29, 0.717) is 0 Å². The van der Waals surface area contributed by atoms with Crippen LogP contribution in [0.1, 0.15) is 19.8 Å². The van der Waals surface area contributed by atoms with Crippen LogP contribution in [0.4, 0.5) is 0 Å². The topological polar surface area (TPSA) is 24.5 Å². The summed E-state index contributed by atoms with van der Waals surface area (Å²) in [4.78, 5) is 2.29. The number of likely N-dealkylation sites (N-methyl/N-ethyl adjacent to an activating group) is 1. The number of rotatable bonds is 10. The van der Waals surface area contributed by atoms with Crippen LogP contribution in [0.2, 0.25) is 0 Å². The molecule has 0 saturated heterocycles. The third-order valence-corrected chi connectivity index (χ3v) is 2.18. The molecule has 0 atom stereocenters. The van der Waals surface area contributed by atoms with Crippen LogP contribution in [0.3, 0.4) is 0 Å². The Morgan fingerprint density at radius 2 is 2.20 bits per heavy atom. The Morgan fingerprint density at radius 3 is 2.80 bits per heavy atom. The van der Waals surface area contributed by atoms with E-state index in [0.717, 1.165) is 39.2 Å². The lowest BCUT2D eigenvalue weighted by atomic mass is 10.2. The first-order chi connectivity index (χ1) is 7.20. The number of nitrogens with one attached hydrogen (secondary N) is 1. The van der Waals surface area contributed by atoms with Crippen molar-refractivity contribution in [1.29, 1.82) is 0 Å². The molecule has 0 amide bonds. The van der Waals surface area contributed by atoms with E-state index in [4.69, 9.17) is 4.74 Å². The molecular weight excluding hydrogens is 188 g/mol. The molecule has 0 aliphatic carbocycles. The first-order valence-corrected chi connectivity index (χ1v) is 5.75. The van der Waals surface area contributed by atoms with E-state index >= 15 is 0 Å². The number of methoxy groups -OCH3 is 1. The average Bonchev–Trinajstić information content (AvgIpc) is 2.18. The normalized spacial score (nSPS) is 10.9. The number of nitrogens with zero attached hydrogens (tertiary/aromatic N) is 1. The third kappa shape index (κ3) is 9.91. The van der Waals surface area contributed by atoms with Gasteiger partial charge in [0.25, 0.3) is 0 Å². The predicted octanol–water partition coefficient (Wildman–Crippen LogP) is 1.51. The fourth-order valence-electron chi connectivity index (χ4n) is 1.44. The SMILES string of the molecule is C=C(CNCCC)CN(C)CCCOC. The van der Waals surface area contributed by atoms with Crippen LogP contribution in [-0.2, 0) is 4.74 Å². The maximum atomic E-state index is 5.02. The lowest BCUT2D eigenvalue weighted by Crippen LogP contribution is -2.27. The molecule has 0 aromatic heterocycles. The van der Waals surface area contributed by atoms with Gasteiger partial charge in [-0.15, -0.1) is 0 Å². The molecule has 1 N–H and O–H groups in total. The molecule has 0 aromatic rings. The Bertz CT molecular complexity index is 160. The Kier molecular flexibility index (Phi) is 9.89.